The second-order valence-corrected chi connectivity index (χ2v) is 10.8. The van der Waals surface area contributed by atoms with Gasteiger partial charge in [0, 0.05) is 12.1 Å². The van der Waals surface area contributed by atoms with E-state index < -0.39 is 21.8 Å². The Morgan fingerprint density at radius 3 is 2.64 bits per heavy atom. The van der Waals surface area contributed by atoms with Crippen LogP contribution in [0.3, 0.4) is 0 Å². The summed E-state index contributed by atoms with van der Waals surface area (Å²) in [5.41, 5.74) is 1.03. The van der Waals surface area contributed by atoms with Gasteiger partial charge >= 0.3 is 5.97 Å². The Bertz CT molecular complexity index is 1300. The van der Waals surface area contributed by atoms with E-state index in [9.17, 15) is 22.7 Å². The number of benzene rings is 1. The summed E-state index contributed by atoms with van der Waals surface area (Å²) >= 11 is 1.07. The van der Waals surface area contributed by atoms with Crippen LogP contribution in [-0.4, -0.2) is 47.9 Å². The number of hydrogen-bond acceptors (Lipinski definition) is 8. The number of hydrogen-bond donors (Lipinski definition) is 3. The van der Waals surface area contributed by atoms with E-state index in [-0.39, 0.29) is 17.0 Å². The van der Waals surface area contributed by atoms with Gasteiger partial charge in [0.25, 0.3) is 0 Å². The van der Waals surface area contributed by atoms with Gasteiger partial charge in [-0.25, -0.2) is 32.3 Å². The third-order valence-electron chi connectivity index (χ3n) is 5.47. The summed E-state index contributed by atoms with van der Waals surface area (Å²) in [6.45, 7) is 1.70. The molecule has 0 saturated heterocycles. The second kappa shape index (κ2) is 9.20. The molecule has 3 aromatic rings. The first-order valence-electron chi connectivity index (χ1n) is 10.3. The molecule has 0 spiro atoms. The van der Waals surface area contributed by atoms with Gasteiger partial charge in [-0.05, 0) is 50.3 Å². The number of carboxylic acids is 1. The maximum Gasteiger partial charge on any atom is 0.346 e. The molecule has 33 heavy (non-hydrogen) atoms. The highest BCUT2D eigenvalue weighted by atomic mass is 32.2. The Morgan fingerprint density at radius 2 is 1.97 bits per heavy atom. The van der Waals surface area contributed by atoms with Crippen LogP contribution in [0.5, 0.6) is 5.75 Å². The summed E-state index contributed by atoms with van der Waals surface area (Å²) in [5, 5.41) is 13.2. The number of ether oxygens (including phenoxy) is 1. The lowest BCUT2D eigenvalue weighted by Crippen LogP contribution is -2.39. The molecular weight excluding hydrogens is 471 g/mol. The molecule has 1 aromatic carbocycles. The summed E-state index contributed by atoms with van der Waals surface area (Å²) in [6.07, 6.45) is 4.75. The summed E-state index contributed by atoms with van der Waals surface area (Å²) in [5.74, 6) is -0.796. The number of fused-ring (bicyclic) bond motifs is 1. The molecule has 9 nitrogen and oxygen atoms in total. The van der Waals surface area contributed by atoms with Crippen molar-refractivity contribution in [3.05, 3.63) is 40.8 Å². The van der Waals surface area contributed by atoms with E-state index in [0.29, 0.717) is 58.7 Å². The number of anilines is 2. The normalized spacial score (nSPS) is 18.9. The molecule has 1 aliphatic rings. The zero-order valence-electron chi connectivity index (χ0n) is 18.0. The molecule has 0 radical (unpaired) electrons. The minimum Gasteiger partial charge on any atom is -0.488 e. The van der Waals surface area contributed by atoms with Gasteiger partial charge in [-0.2, -0.15) is 0 Å². The highest BCUT2D eigenvalue weighted by Crippen LogP contribution is 2.37. The minimum atomic E-state index is -3.27. The van der Waals surface area contributed by atoms with Crippen molar-refractivity contribution in [1.82, 2.24) is 14.7 Å². The van der Waals surface area contributed by atoms with Crippen LogP contribution in [-0.2, 0) is 10.0 Å². The third kappa shape index (κ3) is 5.40. The maximum absolute atomic E-state index is 14.0. The summed E-state index contributed by atoms with van der Waals surface area (Å²) in [7, 11) is -3.27. The standard InChI is InChI=1S/C21H23FN4O5S2/c1-11-17-19(23-10-24-20(17)32-18(11)21(27)28)25-15-8-3-12(22)9-16(15)31-14-6-4-13(5-7-14)26-33(2,29)30/h3,8-10,13-14,26H,4-7H2,1-2H3,(H,27,28)(H,23,24,25). The first kappa shape index (κ1) is 23.3. The predicted molar refractivity (Wildman–Crippen MR) is 123 cm³/mol. The summed E-state index contributed by atoms with van der Waals surface area (Å²) < 4.78 is 45.6. The lowest BCUT2D eigenvalue weighted by Gasteiger charge is -2.29. The van der Waals surface area contributed by atoms with Crippen molar-refractivity contribution in [2.75, 3.05) is 11.6 Å². The molecule has 1 fully saturated rings. The highest BCUT2D eigenvalue weighted by Gasteiger charge is 2.25. The van der Waals surface area contributed by atoms with Gasteiger partial charge in [-0.1, -0.05) is 0 Å². The fraction of sp³-hybridized carbons (Fsp3) is 0.381. The van der Waals surface area contributed by atoms with E-state index in [1.54, 1.807) is 6.92 Å². The van der Waals surface area contributed by atoms with Crippen molar-refractivity contribution in [2.24, 2.45) is 0 Å². The van der Waals surface area contributed by atoms with E-state index in [1.807, 2.05) is 0 Å². The fourth-order valence-corrected chi connectivity index (χ4v) is 5.80. The minimum absolute atomic E-state index is 0.135. The van der Waals surface area contributed by atoms with Crippen molar-refractivity contribution >= 4 is 49.1 Å². The number of nitrogens with one attached hydrogen (secondary N) is 2. The number of rotatable bonds is 7. The number of carboxylic acid groups (broad SMARTS) is 1. The predicted octanol–water partition coefficient (Wildman–Crippen LogP) is 3.82. The SMILES string of the molecule is Cc1c(C(=O)O)sc2ncnc(Nc3ccc(F)cc3OC3CCC(NS(C)(=O)=O)CC3)c12. The molecule has 176 valence electrons. The average Bonchev–Trinajstić information content (AvgIpc) is 3.08. The van der Waals surface area contributed by atoms with Crippen LogP contribution >= 0.6 is 11.3 Å². The van der Waals surface area contributed by atoms with Gasteiger partial charge in [0.05, 0.1) is 23.4 Å². The topological polar surface area (TPSA) is 131 Å². The molecular formula is C21H23FN4O5S2. The van der Waals surface area contributed by atoms with Gasteiger partial charge in [-0.15, -0.1) is 11.3 Å². The van der Waals surface area contributed by atoms with Crippen LogP contribution in [0, 0.1) is 12.7 Å². The number of sulfonamides is 1. The zero-order valence-corrected chi connectivity index (χ0v) is 19.6. The molecule has 12 heteroatoms. The van der Waals surface area contributed by atoms with Crippen LogP contribution in [0.15, 0.2) is 24.5 Å². The van der Waals surface area contributed by atoms with Crippen LogP contribution in [0.1, 0.15) is 40.9 Å². The van der Waals surface area contributed by atoms with Gasteiger partial charge in [0.2, 0.25) is 10.0 Å². The Hall–Kier alpha value is -2.83. The number of thiophene rings is 1. The van der Waals surface area contributed by atoms with Crippen molar-refractivity contribution in [1.29, 1.82) is 0 Å². The number of halogens is 1. The van der Waals surface area contributed by atoms with E-state index in [1.165, 1.54) is 24.5 Å². The lowest BCUT2D eigenvalue weighted by atomic mass is 9.93. The molecule has 0 bridgehead atoms. The fourth-order valence-electron chi connectivity index (χ4n) is 3.98. The number of aromatic carboxylic acids is 1. The molecule has 2 aromatic heterocycles. The first-order chi connectivity index (χ1) is 15.6. The van der Waals surface area contributed by atoms with Gasteiger partial charge in [-0.3, -0.25) is 0 Å². The van der Waals surface area contributed by atoms with Crippen LogP contribution in [0.25, 0.3) is 10.2 Å². The molecule has 0 amide bonds. The molecule has 0 unspecified atom stereocenters. The van der Waals surface area contributed by atoms with Crippen molar-refractivity contribution in [3.63, 3.8) is 0 Å². The van der Waals surface area contributed by atoms with Crippen molar-refractivity contribution in [2.45, 2.75) is 44.8 Å². The van der Waals surface area contributed by atoms with Crippen molar-refractivity contribution < 1.29 is 27.4 Å². The van der Waals surface area contributed by atoms with E-state index in [4.69, 9.17) is 4.74 Å². The molecule has 1 aliphatic carbocycles. The quantitative estimate of drug-likeness (QED) is 0.452. The number of aryl methyl sites for hydroxylation is 1. The summed E-state index contributed by atoms with van der Waals surface area (Å²) in [6, 6.07) is 3.98. The Morgan fingerprint density at radius 1 is 1.24 bits per heavy atom. The lowest BCUT2D eigenvalue weighted by molar-refractivity contribution is 0.0701. The molecule has 0 atom stereocenters. The van der Waals surface area contributed by atoms with Crippen LogP contribution in [0.4, 0.5) is 15.9 Å². The van der Waals surface area contributed by atoms with E-state index >= 15 is 0 Å². The maximum atomic E-state index is 14.0. The van der Waals surface area contributed by atoms with Crippen LogP contribution < -0.4 is 14.8 Å². The summed E-state index contributed by atoms with van der Waals surface area (Å²) in [4.78, 5) is 20.7. The molecule has 2 heterocycles. The Labute approximate surface area is 194 Å². The second-order valence-electron chi connectivity index (χ2n) is 8.01. The smallest absolute Gasteiger partial charge is 0.346 e. The zero-order chi connectivity index (χ0) is 23.8. The van der Waals surface area contributed by atoms with Gasteiger partial charge in [0.15, 0.2) is 0 Å². The Kier molecular flexibility index (Phi) is 6.50. The van der Waals surface area contributed by atoms with Gasteiger partial charge in [0.1, 0.15) is 33.4 Å². The number of carbonyl (C=O) groups is 1. The molecule has 1 saturated carbocycles. The van der Waals surface area contributed by atoms with E-state index in [0.717, 1.165) is 17.6 Å². The number of nitrogens with zero attached hydrogens (tertiary/aromatic N) is 2. The average molecular weight is 495 g/mol. The van der Waals surface area contributed by atoms with Crippen LogP contribution in [0.2, 0.25) is 0 Å². The largest absolute Gasteiger partial charge is 0.488 e. The van der Waals surface area contributed by atoms with E-state index in [2.05, 4.69) is 20.0 Å². The Balaban J connectivity index is 1.56. The monoisotopic (exact) mass is 494 g/mol. The third-order valence-corrected chi connectivity index (χ3v) is 7.42. The van der Waals surface area contributed by atoms with Crippen molar-refractivity contribution in [3.8, 4) is 5.75 Å². The highest BCUT2D eigenvalue weighted by molar-refractivity contribution is 7.88. The number of aromatic nitrogens is 2. The molecule has 3 N–H and O–H groups in total. The molecule has 4 rings (SSSR count). The molecule has 0 aliphatic heterocycles. The van der Waals surface area contributed by atoms with Gasteiger partial charge < -0.3 is 15.2 Å². The first-order valence-corrected chi connectivity index (χ1v) is 13.0.